The van der Waals surface area contributed by atoms with Crippen molar-refractivity contribution < 1.29 is 75.0 Å². The summed E-state index contributed by atoms with van der Waals surface area (Å²) in [6.45, 7) is 4.47. The Labute approximate surface area is 319 Å². The van der Waals surface area contributed by atoms with E-state index in [9.17, 15) is 42.7 Å². The second-order valence-corrected chi connectivity index (χ2v) is 20.8. The standard InChI is InChI=1S/C25H40N3O18P3S4/c1-25(2,3)44-21(29)8-6-11-51-52-12-10-40-24(32)26-9-5-7-17-14-28(23(31)27-22(17)30)20-13-18(41-16-53-50-4)19(43-20)15-42-48(36,37)46-49(38,39)45-47(33,34)35/h14,18-20H,6,8-13,15-16H2,1-4H3,(H,26,32)(H,36,37)(H,38,39)(H,27,30,31)(H2,33,34,35)/t18-,19-,20-/m1/s1. The van der Waals surface area contributed by atoms with Crippen molar-refractivity contribution in [1.82, 2.24) is 14.9 Å². The van der Waals surface area contributed by atoms with Gasteiger partial charge in [0, 0.05) is 30.5 Å². The molecule has 0 bridgehead atoms. The van der Waals surface area contributed by atoms with Gasteiger partial charge in [-0.05, 0) is 33.4 Å². The molecule has 21 nitrogen and oxygen atoms in total. The van der Waals surface area contributed by atoms with Crippen molar-refractivity contribution in [2.75, 3.05) is 43.5 Å². The third kappa shape index (κ3) is 20.4. The van der Waals surface area contributed by atoms with Gasteiger partial charge in [0.25, 0.3) is 5.56 Å². The lowest BCUT2D eigenvalue weighted by molar-refractivity contribution is -0.154. The number of nitrogens with one attached hydrogen (secondary N) is 2. The first-order valence-electron chi connectivity index (χ1n) is 15.0. The average molecular weight is 892 g/mol. The molecular weight excluding hydrogens is 851 g/mol. The number of rotatable bonds is 21. The van der Waals surface area contributed by atoms with E-state index in [-0.39, 0.29) is 37.0 Å². The molecule has 0 aromatic carbocycles. The number of amides is 1. The van der Waals surface area contributed by atoms with E-state index in [1.807, 2.05) is 0 Å². The highest BCUT2D eigenvalue weighted by Crippen LogP contribution is 2.66. The Hall–Kier alpha value is -1.29. The molecule has 0 aliphatic carbocycles. The Bertz CT molecular complexity index is 1710. The van der Waals surface area contributed by atoms with Gasteiger partial charge in [0.2, 0.25) is 0 Å². The number of phosphoric ester groups is 1. The normalized spacial score (nSPS) is 19.7. The SMILES string of the molecule is CSSCO[C@@H]1C[C@H](n2cc(C#CCNC(=O)OCCSSCCCC(=O)OC(C)(C)C)c(=O)[nH]c2=O)O[C@@H]1COP(=O)(O)OP(=O)(O)OP(=O)(O)O. The molecule has 0 saturated carbocycles. The molecule has 302 valence electrons. The first-order chi connectivity index (χ1) is 24.6. The molecule has 1 amide bonds. The van der Waals surface area contributed by atoms with Crippen LogP contribution in [0, 0.1) is 11.8 Å². The zero-order valence-electron chi connectivity index (χ0n) is 28.6. The van der Waals surface area contributed by atoms with Gasteiger partial charge in [-0.1, -0.05) is 55.0 Å². The molecular formula is C25H40N3O18P3S4. The zero-order valence-corrected chi connectivity index (χ0v) is 34.5. The van der Waals surface area contributed by atoms with Gasteiger partial charge in [-0.2, -0.15) is 8.62 Å². The molecule has 5 atom stereocenters. The van der Waals surface area contributed by atoms with Crippen LogP contribution in [0.4, 0.5) is 4.79 Å². The molecule has 0 radical (unpaired) electrons. The summed E-state index contributed by atoms with van der Waals surface area (Å²) in [5.74, 6) is 6.16. The van der Waals surface area contributed by atoms with E-state index in [0.29, 0.717) is 24.3 Å². The Morgan fingerprint density at radius 1 is 1.08 bits per heavy atom. The summed E-state index contributed by atoms with van der Waals surface area (Å²) < 4.78 is 69.7. The number of aromatic amines is 1. The first-order valence-corrected chi connectivity index (χ1v) is 24.8. The number of esters is 1. The highest BCUT2D eigenvalue weighted by molar-refractivity contribution is 8.76. The van der Waals surface area contributed by atoms with Crippen molar-refractivity contribution in [3.8, 4) is 11.8 Å². The minimum atomic E-state index is -5.76. The van der Waals surface area contributed by atoms with E-state index < -0.39 is 71.5 Å². The van der Waals surface area contributed by atoms with Gasteiger partial charge < -0.3 is 43.8 Å². The van der Waals surface area contributed by atoms with Crippen LogP contribution in [0.2, 0.25) is 0 Å². The Kier molecular flexibility index (Phi) is 20.3. The number of phosphoric acid groups is 3. The Morgan fingerprint density at radius 3 is 2.43 bits per heavy atom. The number of hydrogen-bond acceptors (Lipinski definition) is 18. The molecule has 1 aromatic rings. The topological polar surface area (TPSA) is 298 Å². The number of carbonyl (C=O) groups is 2. The molecule has 1 aromatic heterocycles. The first kappa shape index (κ1) is 47.9. The van der Waals surface area contributed by atoms with Gasteiger partial charge in [-0.3, -0.25) is 23.7 Å². The second-order valence-electron chi connectivity index (χ2n) is 11.2. The monoisotopic (exact) mass is 891 g/mol. The number of nitrogens with zero attached hydrogens (tertiary/aromatic N) is 1. The van der Waals surface area contributed by atoms with E-state index >= 15 is 0 Å². The molecule has 53 heavy (non-hydrogen) atoms. The Balaban J connectivity index is 1.92. The van der Waals surface area contributed by atoms with Crippen LogP contribution in [0.1, 0.15) is 51.8 Å². The molecule has 1 fully saturated rings. The maximum atomic E-state index is 12.7. The molecule has 1 aliphatic rings. The van der Waals surface area contributed by atoms with Crippen LogP contribution in [0.25, 0.3) is 0 Å². The van der Waals surface area contributed by atoms with Crippen LogP contribution in [0.3, 0.4) is 0 Å². The molecule has 1 saturated heterocycles. The van der Waals surface area contributed by atoms with Gasteiger partial charge in [0.05, 0.1) is 19.3 Å². The fourth-order valence-corrected chi connectivity index (χ4v) is 9.61. The van der Waals surface area contributed by atoms with Crippen LogP contribution >= 0.6 is 66.6 Å². The molecule has 0 spiro atoms. The molecule has 1 aliphatic heterocycles. The molecule has 6 N–H and O–H groups in total. The predicted molar refractivity (Wildman–Crippen MR) is 197 cm³/mol. The third-order valence-corrected chi connectivity index (χ3v) is 13.5. The highest BCUT2D eigenvalue weighted by Gasteiger charge is 2.43. The summed E-state index contributed by atoms with van der Waals surface area (Å²) in [4.78, 5) is 87.5. The third-order valence-electron chi connectivity index (χ3n) is 5.78. The van der Waals surface area contributed by atoms with Crippen molar-refractivity contribution in [2.45, 2.75) is 64.1 Å². The lowest BCUT2D eigenvalue weighted by Crippen LogP contribution is -2.34. The highest BCUT2D eigenvalue weighted by atomic mass is 33.1. The van der Waals surface area contributed by atoms with Crippen molar-refractivity contribution >= 4 is 78.7 Å². The molecule has 2 unspecified atom stereocenters. The van der Waals surface area contributed by atoms with Crippen molar-refractivity contribution in [1.29, 1.82) is 0 Å². The van der Waals surface area contributed by atoms with Crippen LogP contribution in [0.5, 0.6) is 0 Å². The molecule has 2 heterocycles. The summed E-state index contributed by atoms with van der Waals surface area (Å²) in [5.41, 5.74) is -2.45. The fraction of sp³-hybridized carbons (Fsp3) is 0.680. The maximum absolute atomic E-state index is 12.7. The van der Waals surface area contributed by atoms with E-state index in [4.69, 9.17) is 33.3 Å². The lowest BCUT2D eigenvalue weighted by Gasteiger charge is -2.21. The van der Waals surface area contributed by atoms with Crippen LogP contribution in [-0.2, 0) is 50.6 Å². The fourth-order valence-electron chi connectivity index (χ4n) is 3.88. The summed E-state index contributed by atoms with van der Waals surface area (Å²) >= 11 is 0. The zero-order chi connectivity index (χ0) is 39.9. The quantitative estimate of drug-likeness (QED) is 0.0258. The second kappa shape index (κ2) is 22.5. The molecule has 28 heteroatoms. The van der Waals surface area contributed by atoms with Crippen LogP contribution in [-0.4, -0.2) is 102 Å². The van der Waals surface area contributed by atoms with Crippen molar-refractivity contribution in [3.05, 3.63) is 32.6 Å². The maximum Gasteiger partial charge on any atom is 0.490 e. The number of alkyl carbamates (subject to hydrolysis) is 1. The summed E-state index contributed by atoms with van der Waals surface area (Å²) in [5, 5.41) is 2.41. The van der Waals surface area contributed by atoms with E-state index in [1.165, 1.54) is 43.2 Å². The summed E-state index contributed by atoms with van der Waals surface area (Å²) in [7, 11) is -11.2. The number of hydrogen-bond donors (Lipinski definition) is 6. The van der Waals surface area contributed by atoms with E-state index in [2.05, 4.69) is 30.8 Å². The number of carbonyl (C=O) groups excluding carboxylic acids is 2. The average Bonchev–Trinajstić information content (AvgIpc) is 3.40. The smallest absolute Gasteiger partial charge is 0.460 e. The van der Waals surface area contributed by atoms with Crippen LogP contribution in [0.15, 0.2) is 15.8 Å². The van der Waals surface area contributed by atoms with Gasteiger partial charge in [-0.15, -0.1) is 0 Å². The van der Waals surface area contributed by atoms with Gasteiger partial charge in [0.1, 0.15) is 36.0 Å². The Morgan fingerprint density at radius 2 is 1.77 bits per heavy atom. The van der Waals surface area contributed by atoms with Gasteiger partial charge in [-0.25, -0.2) is 23.3 Å². The molecule has 2 rings (SSSR count). The van der Waals surface area contributed by atoms with Crippen LogP contribution < -0.4 is 16.6 Å². The van der Waals surface area contributed by atoms with Crippen molar-refractivity contribution in [2.24, 2.45) is 0 Å². The number of ether oxygens (including phenoxy) is 4. The van der Waals surface area contributed by atoms with Crippen molar-refractivity contribution in [3.63, 3.8) is 0 Å². The largest absolute Gasteiger partial charge is 0.490 e. The minimum Gasteiger partial charge on any atom is -0.460 e. The lowest BCUT2D eigenvalue weighted by atomic mass is 10.2. The van der Waals surface area contributed by atoms with Gasteiger partial charge in [0.15, 0.2) is 0 Å². The summed E-state index contributed by atoms with van der Waals surface area (Å²) in [6, 6.07) is 0. The van der Waals surface area contributed by atoms with E-state index in [1.54, 1.807) is 27.0 Å². The minimum absolute atomic E-state index is 0.0611. The number of H-pyrrole nitrogens is 1. The van der Waals surface area contributed by atoms with E-state index in [0.717, 1.165) is 10.8 Å². The number of aromatic nitrogens is 2. The van der Waals surface area contributed by atoms with Gasteiger partial charge >= 0.3 is 41.2 Å². The summed E-state index contributed by atoms with van der Waals surface area (Å²) in [6.07, 6.45) is -0.243. The predicted octanol–water partition coefficient (Wildman–Crippen LogP) is 3.10.